The van der Waals surface area contributed by atoms with Gasteiger partial charge in [-0.2, -0.15) is 4.52 Å². The molecule has 5 nitrogen and oxygen atoms in total. The molecule has 0 aliphatic carbocycles. The zero-order valence-electron chi connectivity index (χ0n) is 9.83. The van der Waals surface area contributed by atoms with Gasteiger partial charge in [-0.15, -0.1) is 5.10 Å². The fraction of sp³-hybridized carbons (Fsp3) is 0.545. The summed E-state index contributed by atoms with van der Waals surface area (Å²) in [5.41, 5.74) is -0.114. The highest BCUT2D eigenvalue weighted by Crippen LogP contribution is 2.31. The molecule has 1 aliphatic rings. The van der Waals surface area contributed by atoms with E-state index in [1.54, 1.807) is 0 Å². The fourth-order valence-corrected chi connectivity index (χ4v) is 3.21. The molecule has 90 valence electrons. The van der Waals surface area contributed by atoms with E-state index in [1.165, 1.54) is 34.5 Å². The van der Waals surface area contributed by atoms with Crippen LogP contribution in [-0.2, 0) is 0 Å². The molecular formula is C11H14N4OS. The van der Waals surface area contributed by atoms with Gasteiger partial charge in [0.05, 0.1) is 0 Å². The van der Waals surface area contributed by atoms with Gasteiger partial charge in [-0.25, -0.2) is 4.98 Å². The quantitative estimate of drug-likeness (QED) is 0.767. The molecule has 17 heavy (non-hydrogen) atoms. The molecule has 3 heterocycles. The Hall–Kier alpha value is -1.43. The van der Waals surface area contributed by atoms with Crippen LogP contribution in [0.15, 0.2) is 17.1 Å². The molecular weight excluding hydrogens is 236 g/mol. The van der Waals surface area contributed by atoms with Gasteiger partial charge >= 0.3 is 0 Å². The highest BCUT2D eigenvalue weighted by molar-refractivity contribution is 7.20. The molecule has 2 atom stereocenters. The van der Waals surface area contributed by atoms with Crippen molar-refractivity contribution >= 4 is 21.4 Å². The molecule has 2 unspecified atom stereocenters. The summed E-state index contributed by atoms with van der Waals surface area (Å²) in [6.45, 7) is 5.47. The van der Waals surface area contributed by atoms with Crippen molar-refractivity contribution < 1.29 is 0 Å². The van der Waals surface area contributed by atoms with Crippen LogP contribution in [-0.4, -0.2) is 27.2 Å². The molecule has 1 aliphatic heterocycles. The van der Waals surface area contributed by atoms with Crippen LogP contribution in [0.5, 0.6) is 0 Å². The van der Waals surface area contributed by atoms with Gasteiger partial charge in [0.25, 0.3) is 5.56 Å². The van der Waals surface area contributed by atoms with Crippen LogP contribution in [0.1, 0.15) is 20.3 Å². The summed E-state index contributed by atoms with van der Waals surface area (Å²) < 4.78 is 1.38. The standard InChI is InChI=1S/C11H14N4OS/c1-7-4-6-14(8(7)2)11-13-15-9(16)3-5-12-10(15)17-11/h3,5,7-8H,4,6H2,1-2H3. The number of nitrogens with zero attached hydrogens (tertiary/aromatic N) is 4. The SMILES string of the molecule is CC1CCN(c2nn3c(=O)ccnc3s2)C1C. The van der Waals surface area contributed by atoms with E-state index in [4.69, 9.17) is 0 Å². The maximum Gasteiger partial charge on any atom is 0.275 e. The number of fused-ring (bicyclic) bond motifs is 1. The van der Waals surface area contributed by atoms with Crippen LogP contribution < -0.4 is 10.5 Å². The second kappa shape index (κ2) is 3.80. The monoisotopic (exact) mass is 250 g/mol. The van der Waals surface area contributed by atoms with Gasteiger partial charge in [-0.05, 0) is 19.3 Å². The normalized spacial score (nSPS) is 24.7. The first-order valence-electron chi connectivity index (χ1n) is 5.78. The van der Waals surface area contributed by atoms with Crippen LogP contribution in [0.3, 0.4) is 0 Å². The Bertz CT molecular complexity index is 605. The number of anilines is 1. The molecule has 0 radical (unpaired) electrons. The summed E-state index contributed by atoms with van der Waals surface area (Å²) in [5.74, 6) is 0.673. The second-order valence-electron chi connectivity index (χ2n) is 4.56. The summed E-state index contributed by atoms with van der Waals surface area (Å²) in [7, 11) is 0. The molecule has 0 amide bonds. The van der Waals surface area contributed by atoms with E-state index < -0.39 is 0 Å². The van der Waals surface area contributed by atoms with Gasteiger partial charge in [0.15, 0.2) is 0 Å². The molecule has 2 aromatic heterocycles. The topological polar surface area (TPSA) is 50.5 Å². The van der Waals surface area contributed by atoms with E-state index in [2.05, 4.69) is 28.8 Å². The number of hydrogen-bond acceptors (Lipinski definition) is 5. The molecule has 1 fully saturated rings. The van der Waals surface area contributed by atoms with Gasteiger partial charge in [0.2, 0.25) is 10.1 Å². The average molecular weight is 250 g/mol. The molecule has 6 heteroatoms. The first-order chi connectivity index (χ1) is 8.16. The largest absolute Gasteiger partial charge is 0.344 e. The summed E-state index contributed by atoms with van der Waals surface area (Å²) in [5, 5.41) is 5.27. The lowest BCUT2D eigenvalue weighted by Crippen LogP contribution is -2.29. The molecule has 0 saturated carbocycles. The van der Waals surface area contributed by atoms with Crippen molar-refractivity contribution in [2.24, 2.45) is 5.92 Å². The highest BCUT2D eigenvalue weighted by atomic mass is 32.1. The van der Waals surface area contributed by atoms with Crippen LogP contribution in [0.25, 0.3) is 4.96 Å². The van der Waals surface area contributed by atoms with Crippen LogP contribution in [0.2, 0.25) is 0 Å². The van der Waals surface area contributed by atoms with Crippen molar-refractivity contribution in [1.29, 1.82) is 0 Å². The van der Waals surface area contributed by atoms with Crippen LogP contribution in [0, 0.1) is 5.92 Å². The molecule has 2 aromatic rings. The molecule has 0 spiro atoms. The van der Waals surface area contributed by atoms with Crippen molar-refractivity contribution in [3.05, 3.63) is 22.6 Å². The number of aromatic nitrogens is 3. The van der Waals surface area contributed by atoms with Gasteiger partial charge in [0, 0.05) is 24.8 Å². The van der Waals surface area contributed by atoms with Crippen LogP contribution >= 0.6 is 11.3 Å². The maximum absolute atomic E-state index is 11.6. The van der Waals surface area contributed by atoms with Crippen molar-refractivity contribution in [1.82, 2.24) is 14.6 Å². The van der Waals surface area contributed by atoms with Gasteiger partial charge < -0.3 is 4.90 Å². The van der Waals surface area contributed by atoms with E-state index in [0.717, 1.165) is 11.7 Å². The maximum atomic E-state index is 11.6. The van der Waals surface area contributed by atoms with Crippen LogP contribution in [0.4, 0.5) is 5.13 Å². The third-order valence-corrected chi connectivity index (χ3v) is 4.51. The number of rotatable bonds is 1. The second-order valence-corrected chi connectivity index (χ2v) is 5.50. The van der Waals surface area contributed by atoms with E-state index >= 15 is 0 Å². The van der Waals surface area contributed by atoms with Crippen molar-refractivity contribution in [3.8, 4) is 0 Å². The van der Waals surface area contributed by atoms with E-state index in [9.17, 15) is 4.79 Å². The van der Waals surface area contributed by atoms with Gasteiger partial charge in [-0.1, -0.05) is 18.3 Å². The lowest BCUT2D eigenvalue weighted by atomic mass is 10.1. The summed E-state index contributed by atoms with van der Waals surface area (Å²) in [6, 6.07) is 1.92. The lowest BCUT2D eigenvalue weighted by Gasteiger charge is -2.21. The minimum absolute atomic E-state index is 0.114. The van der Waals surface area contributed by atoms with E-state index in [-0.39, 0.29) is 5.56 Å². The Kier molecular flexibility index (Phi) is 2.39. The fourth-order valence-electron chi connectivity index (χ4n) is 2.21. The van der Waals surface area contributed by atoms with Gasteiger partial charge in [0.1, 0.15) is 0 Å². The average Bonchev–Trinajstić information content (AvgIpc) is 2.85. The third kappa shape index (κ3) is 1.63. The highest BCUT2D eigenvalue weighted by Gasteiger charge is 2.29. The summed E-state index contributed by atoms with van der Waals surface area (Å²) >= 11 is 1.48. The van der Waals surface area contributed by atoms with Crippen molar-refractivity contribution in [2.75, 3.05) is 11.4 Å². The Morgan fingerprint density at radius 3 is 2.94 bits per heavy atom. The summed E-state index contributed by atoms with van der Waals surface area (Å²) in [6.07, 6.45) is 2.72. The third-order valence-electron chi connectivity index (χ3n) is 3.55. The van der Waals surface area contributed by atoms with Crippen molar-refractivity contribution in [3.63, 3.8) is 0 Å². The zero-order valence-corrected chi connectivity index (χ0v) is 10.6. The Labute approximate surface area is 103 Å². The first kappa shape index (κ1) is 10.7. The first-order valence-corrected chi connectivity index (χ1v) is 6.60. The van der Waals surface area contributed by atoms with Crippen molar-refractivity contribution in [2.45, 2.75) is 26.3 Å². The molecule has 3 rings (SSSR count). The van der Waals surface area contributed by atoms with E-state index in [0.29, 0.717) is 16.9 Å². The molecule has 1 saturated heterocycles. The smallest absolute Gasteiger partial charge is 0.275 e. The number of hydrogen-bond donors (Lipinski definition) is 0. The predicted molar refractivity (Wildman–Crippen MR) is 67.7 cm³/mol. The molecule has 0 aromatic carbocycles. The molecule has 0 bridgehead atoms. The Morgan fingerprint density at radius 2 is 2.29 bits per heavy atom. The minimum atomic E-state index is -0.114. The van der Waals surface area contributed by atoms with Gasteiger partial charge in [-0.3, -0.25) is 4.79 Å². The predicted octanol–water partition coefficient (Wildman–Crippen LogP) is 1.39. The minimum Gasteiger partial charge on any atom is -0.344 e. The zero-order chi connectivity index (χ0) is 12.0. The Balaban J connectivity index is 2.07. The molecule has 0 N–H and O–H groups in total. The Morgan fingerprint density at radius 1 is 1.47 bits per heavy atom. The van der Waals surface area contributed by atoms with E-state index in [1.807, 2.05) is 0 Å². The summed E-state index contributed by atoms with van der Waals surface area (Å²) in [4.78, 5) is 18.7. The lowest BCUT2D eigenvalue weighted by molar-refractivity contribution is 0.545.